The van der Waals surface area contributed by atoms with Crippen molar-refractivity contribution in [2.24, 2.45) is 0 Å². The van der Waals surface area contributed by atoms with E-state index < -0.39 is 8.60 Å². The minimum Gasteiger partial charge on any atom is -0.427 e. The molecule has 0 saturated carbocycles. The van der Waals surface area contributed by atoms with Gasteiger partial charge in [-0.3, -0.25) is 0 Å². The predicted octanol–water partition coefficient (Wildman–Crippen LogP) is 7.20. The molecule has 0 saturated heterocycles. The summed E-state index contributed by atoms with van der Waals surface area (Å²) in [5, 5.41) is 0. The van der Waals surface area contributed by atoms with Gasteiger partial charge in [0.25, 0.3) is 0 Å². The quantitative estimate of drug-likeness (QED) is 0.309. The van der Waals surface area contributed by atoms with Crippen LogP contribution in [0, 0.1) is 6.92 Å². The number of unbranched alkanes of at least 4 members (excludes halogenated alkanes) is 5. The molecular formula is C23H33O3P. The zero-order valence-corrected chi connectivity index (χ0v) is 17.8. The molecule has 1 atom stereocenters. The first-order valence-corrected chi connectivity index (χ1v) is 11.3. The van der Waals surface area contributed by atoms with Gasteiger partial charge < -0.3 is 13.9 Å². The van der Waals surface area contributed by atoms with Crippen molar-refractivity contribution in [3.05, 3.63) is 53.6 Å². The monoisotopic (exact) mass is 388 g/mol. The maximum atomic E-state index is 10.2. The van der Waals surface area contributed by atoms with E-state index in [4.69, 9.17) is 9.05 Å². The van der Waals surface area contributed by atoms with Crippen LogP contribution in [0.15, 0.2) is 42.5 Å². The fourth-order valence-corrected chi connectivity index (χ4v) is 3.99. The van der Waals surface area contributed by atoms with Gasteiger partial charge in [-0.1, -0.05) is 82.3 Å². The van der Waals surface area contributed by atoms with Crippen LogP contribution in [0.1, 0.15) is 63.5 Å². The van der Waals surface area contributed by atoms with E-state index in [1.807, 2.05) is 31.2 Å². The van der Waals surface area contributed by atoms with E-state index in [0.29, 0.717) is 12.4 Å². The second-order valence-corrected chi connectivity index (χ2v) is 7.79. The summed E-state index contributed by atoms with van der Waals surface area (Å²) in [7, 11) is -1.90. The van der Waals surface area contributed by atoms with Gasteiger partial charge in [0, 0.05) is 0 Å². The molecule has 0 amide bonds. The van der Waals surface area contributed by atoms with Gasteiger partial charge in [-0.2, -0.15) is 0 Å². The summed E-state index contributed by atoms with van der Waals surface area (Å²) in [4.78, 5) is 10.2. The summed E-state index contributed by atoms with van der Waals surface area (Å²) in [5.74, 6) is 0.697. The van der Waals surface area contributed by atoms with Crippen molar-refractivity contribution in [3.63, 3.8) is 0 Å². The molecule has 4 heteroatoms. The topological polar surface area (TPSA) is 38.7 Å². The highest BCUT2D eigenvalue weighted by Gasteiger charge is 2.16. The number of benzene rings is 2. The van der Waals surface area contributed by atoms with E-state index in [2.05, 4.69) is 32.0 Å². The van der Waals surface area contributed by atoms with Crippen molar-refractivity contribution in [1.29, 1.82) is 0 Å². The van der Waals surface area contributed by atoms with Crippen LogP contribution in [-0.2, 0) is 10.9 Å². The van der Waals surface area contributed by atoms with Crippen LogP contribution >= 0.6 is 8.60 Å². The van der Waals surface area contributed by atoms with E-state index >= 15 is 0 Å². The zero-order valence-electron chi connectivity index (χ0n) is 16.9. The standard InChI is InChI=1S/C23H33O3P/c1-4-6-7-8-9-13-18-25-27(24)26-22-17-16-20(5-2)23(19(22)3)21-14-11-10-12-15-21/h10-12,14-17,24H,4-9,13,18H2,1-3H3. The number of rotatable bonds is 12. The third-order valence-electron chi connectivity index (χ3n) is 4.82. The van der Waals surface area contributed by atoms with Crippen molar-refractivity contribution < 1.29 is 13.9 Å². The van der Waals surface area contributed by atoms with E-state index in [1.165, 1.54) is 42.4 Å². The van der Waals surface area contributed by atoms with Crippen molar-refractivity contribution in [2.45, 2.75) is 65.7 Å². The highest BCUT2D eigenvalue weighted by molar-refractivity contribution is 7.41. The summed E-state index contributed by atoms with van der Waals surface area (Å²) in [5.41, 5.74) is 4.69. The molecule has 2 aromatic carbocycles. The smallest absolute Gasteiger partial charge is 0.394 e. The minimum absolute atomic E-state index is 0.548. The Balaban J connectivity index is 1.94. The third kappa shape index (κ3) is 6.92. The Morgan fingerprint density at radius 2 is 1.59 bits per heavy atom. The molecule has 3 nitrogen and oxygen atoms in total. The lowest BCUT2D eigenvalue weighted by atomic mass is 9.93. The summed E-state index contributed by atoms with van der Waals surface area (Å²) >= 11 is 0. The largest absolute Gasteiger partial charge is 0.427 e. The molecule has 148 valence electrons. The average Bonchev–Trinajstić information content (AvgIpc) is 2.69. The van der Waals surface area contributed by atoms with Crippen LogP contribution in [0.4, 0.5) is 0 Å². The Hall–Kier alpha value is -1.41. The normalized spacial score (nSPS) is 12.1. The van der Waals surface area contributed by atoms with Crippen molar-refractivity contribution >= 4 is 8.60 Å². The lowest BCUT2D eigenvalue weighted by Gasteiger charge is -2.18. The molecule has 27 heavy (non-hydrogen) atoms. The molecule has 0 aliphatic heterocycles. The first-order valence-electron chi connectivity index (χ1n) is 10.1. The highest BCUT2D eigenvalue weighted by Crippen LogP contribution is 2.41. The van der Waals surface area contributed by atoms with Crippen molar-refractivity contribution in [3.8, 4) is 16.9 Å². The summed E-state index contributed by atoms with van der Waals surface area (Å²) in [6, 6.07) is 14.4. The lowest BCUT2D eigenvalue weighted by Crippen LogP contribution is -1.99. The van der Waals surface area contributed by atoms with Gasteiger partial charge in [-0.25, -0.2) is 0 Å². The Bertz CT molecular complexity index is 673. The van der Waals surface area contributed by atoms with Gasteiger partial charge in [0.15, 0.2) is 0 Å². The second kappa shape index (κ2) is 12.1. The molecule has 2 aromatic rings. The van der Waals surface area contributed by atoms with Gasteiger partial charge in [0.05, 0.1) is 6.61 Å². The predicted molar refractivity (Wildman–Crippen MR) is 115 cm³/mol. The van der Waals surface area contributed by atoms with Gasteiger partial charge in [-0.05, 0) is 48.1 Å². The van der Waals surface area contributed by atoms with Crippen molar-refractivity contribution in [2.75, 3.05) is 6.61 Å². The molecule has 0 heterocycles. The Morgan fingerprint density at radius 1 is 0.889 bits per heavy atom. The van der Waals surface area contributed by atoms with Crippen LogP contribution < -0.4 is 4.52 Å². The van der Waals surface area contributed by atoms with Crippen LogP contribution in [0.2, 0.25) is 0 Å². The van der Waals surface area contributed by atoms with Gasteiger partial charge in [-0.15, -0.1) is 0 Å². The molecule has 0 radical (unpaired) electrons. The zero-order chi connectivity index (χ0) is 19.5. The second-order valence-electron chi connectivity index (χ2n) is 6.87. The molecule has 1 N–H and O–H groups in total. The molecule has 1 unspecified atom stereocenters. The summed E-state index contributed by atoms with van der Waals surface area (Å²) < 4.78 is 11.3. The van der Waals surface area contributed by atoms with Crippen LogP contribution in [0.5, 0.6) is 5.75 Å². The maximum Gasteiger partial charge on any atom is 0.394 e. The average molecular weight is 388 g/mol. The summed E-state index contributed by atoms with van der Waals surface area (Å²) in [6.07, 6.45) is 8.14. The highest BCUT2D eigenvalue weighted by atomic mass is 31.2. The van der Waals surface area contributed by atoms with E-state index in [-0.39, 0.29) is 0 Å². The van der Waals surface area contributed by atoms with Crippen LogP contribution in [0.25, 0.3) is 11.1 Å². The van der Waals surface area contributed by atoms with Crippen molar-refractivity contribution in [1.82, 2.24) is 0 Å². The molecular weight excluding hydrogens is 355 g/mol. The molecule has 2 rings (SSSR count). The van der Waals surface area contributed by atoms with E-state index in [1.54, 1.807) is 0 Å². The molecule has 0 aliphatic rings. The number of aryl methyl sites for hydroxylation is 1. The van der Waals surface area contributed by atoms with Gasteiger partial charge >= 0.3 is 8.60 Å². The Morgan fingerprint density at radius 3 is 2.30 bits per heavy atom. The molecule has 0 bridgehead atoms. The Kier molecular flexibility index (Phi) is 9.83. The third-order valence-corrected chi connectivity index (χ3v) is 5.58. The maximum absolute atomic E-state index is 10.2. The molecule has 0 aromatic heterocycles. The van der Waals surface area contributed by atoms with E-state index in [9.17, 15) is 4.89 Å². The lowest BCUT2D eigenvalue weighted by molar-refractivity contribution is 0.253. The van der Waals surface area contributed by atoms with Gasteiger partial charge in [0.2, 0.25) is 0 Å². The Labute approximate surface area is 165 Å². The number of hydrogen-bond acceptors (Lipinski definition) is 3. The minimum atomic E-state index is -1.90. The van der Waals surface area contributed by atoms with Crippen LogP contribution in [0.3, 0.4) is 0 Å². The SMILES string of the molecule is CCCCCCCCOP(O)Oc1ccc(CC)c(-c2ccccc2)c1C. The molecule has 0 fully saturated rings. The number of hydrogen-bond donors (Lipinski definition) is 1. The first-order chi connectivity index (χ1) is 13.2. The first kappa shape index (κ1) is 21.9. The van der Waals surface area contributed by atoms with Crippen LogP contribution in [-0.4, -0.2) is 11.5 Å². The fourth-order valence-electron chi connectivity index (χ4n) is 3.28. The van der Waals surface area contributed by atoms with Gasteiger partial charge in [0.1, 0.15) is 5.75 Å². The van der Waals surface area contributed by atoms with E-state index in [0.717, 1.165) is 24.8 Å². The molecule has 0 aliphatic carbocycles. The molecule has 0 spiro atoms. The fraction of sp³-hybridized carbons (Fsp3) is 0.478. The summed E-state index contributed by atoms with van der Waals surface area (Å²) in [6.45, 7) is 6.97.